The molecule has 1 aromatic carbocycles. The van der Waals surface area contributed by atoms with E-state index >= 15 is 0 Å². The number of hydrogen-bond acceptors (Lipinski definition) is 4. The van der Waals surface area contributed by atoms with Crippen LogP contribution >= 0.6 is 22.9 Å². The van der Waals surface area contributed by atoms with Gasteiger partial charge in [0.25, 0.3) is 5.91 Å². The third kappa shape index (κ3) is 4.27. The van der Waals surface area contributed by atoms with Gasteiger partial charge in [-0.2, -0.15) is 0 Å². The quantitative estimate of drug-likeness (QED) is 0.803. The first-order chi connectivity index (χ1) is 10.1. The highest BCUT2D eigenvalue weighted by atomic mass is 35.5. The fourth-order valence-corrected chi connectivity index (χ4v) is 2.98. The van der Waals surface area contributed by atoms with Crippen molar-refractivity contribution in [1.29, 1.82) is 0 Å². The van der Waals surface area contributed by atoms with Gasteiger partial charge < -0.3 is 10.6 Å². The largest absolute Gasteiger partial charge is 0.351 e. The van der Waals surface area contributed by atoms with E-state index in [4.69, 9.17) is 11.6 Å². The maximum Gasteiger partial charge on any atom is 0.263 e. The molecule has 0 aliphatic heterocycles. The maximum atomic E-state index is 12.1. The number of nitrogens with zero attached hydrogens (tertiary/aromatic N) is 1. The zero-order valence-corrected chi connectivity index (χ0v) is 13.6. The van der Waals surface area contributed by atoms with Crippen LogP contribution in [0.5, 0.6) is 0 Å². The predicted octanol–water partition coefficient (Wildman–Crippen LogP) is 3.11. The fourth-order valence-electron chi connectivity index (χ4n) is 1.87. The zero-order chi connectivity index (χ0) is 15.2. The molecule has 0 unspecified atom stereocenters. The van der Waals surface area contributed by atoms with Gasteiger partial charge in [0.1, 0.15) is 9.88 Å². The number of aryl methyl sites for hydroxylation is 1. The number of thiazole rings is 1. The van der Waals surface area contributed by atoms with Gasteiger partial charge in [-0.25, -0.2) is 4.98 Å². The molecule has 0 aliphatic carbocycles. The molecule has 2 aromatic rings. The average molecular weight is 324 g/mol. The molecule has 6 heteroatoms. The lowest BCUT2D eigenvalue weighted by atomic mass is 10.2. The van der Waals surface area contributed by atoms with Crippen LogP contribution in [0.25, 0.3) is 10.6 Å². The van der Waals surface area contributed by atoms with E-state index in [0.717, 1.165) is 29.2 Å². The van der Waals surface area contributed by atoms with Gasteiger partial charge in [0, 0.05) is 17.1 Å². The number of benzene rings is 1. The van der Waals surface area contributed by atoms with Gasteiger partial charge in [0.05, 0.1) is 5.69 Å². The van der Waals surface area contributed by atoms with Gasteiger partial charge in [0.15, 0.2) is 0 Å². The Morgan fingerprint density at radius 2 is 2.00 bits per heavy atom. The van der Waals surface area contributed by atoms with Crippen LogP contribution in [0.15, 0.2) is 24.3 Å². The molecule has 0 atom stereocenters. The number of nitrogens with one attached hydrogen (secondary N) is 2. The second-order valence-corrected chi connectivity index (χ2v) is 6.09. The molecule has 0 bridgehead atoms. The summed E-state index contributed by atoms with van der Waals surface area (Å²) in [6.07, 6.45) is 0.907. The Labute approximate surface area is 133 Å². The lowest BCUT2D eigenvalue weighted by Crippen LogP contribution is -2.26. The lowest BCUT2D eigenvalue weighted by Gasteiger charge is -2.03. The Morgan fingerprint density at radius 1 is 1.29 bits per heavy atom. The molecule has 112 valence electrons. The second kappa shape index (κ2) is 7.54. The van der Waals surface area contributed by atoms with E-state index in [1.165, 1.54) is 11.3 Å². The Hall–Kier alpha value is -1.43. The van der Waals surface area contributed by atoms with Crippen LogP contribution < -0.4 is 10.6 Å². The summed E-state index contributed by atoms with van der Waals surface area (Å²) < 4.78 is 0. The number of halogens is 1. The molecule has 1 heterocycles. The first-order valence-corrected chi connectivity index (χ1v) is 7.97. The molecule has 0 radical (unpaired) electrons. The van der Waals surface area contributed by atoms with Crippen LogP contribution in [-0.2, 0) is 0 Å². The lowest BCUT2D eigenvalue weighted by molar-refractivity contribution is 0.0956. The highest BCUT2D eigenvalue weighted by Crippen LogP contribution is 2.28. The smallest absolute Gasteiger partial charge is 0.263 e. The summed E-state index contributed by atoms with van der Waals surface area (Å²) in [4.78, 5) is 17.3. The molecule has 2 rings (SSSR count). The van der Waals surface area contributed by atoms with E-state index in [1.807, 2.05) is 38.2 Å². The summed E-state index contributed by atoms with van der Waals surface area (Å²) in [6, 6.07) is 7.47. The van der Waals surface area contributed by atoms with Crippen molar-refractivity contribution in [2.24, 2.45) is 0 Å². The van der Waals surface area contributed by atoms with Crippen molar-refractivity contribution in [3.8, 4) is 10.6 Å². The molecule has 0 saturated carbocycles. The Morgan fingerprint density at radius 3 is 2.67 bits per heavy atom. The molecule has 0 aliphatic rings. The minimum atomic E-state index is -0.0543. The van der Waals surface area contributed by atoms with Crippen molar-refractivity contribution in [2.75, 3.05) is 20.1 Å². The number of carbonyl (C=O) groups excluding carboxylic acids is 1. The van der Waals surface area contributed by atoms with E-state index in [9.17, 15) is 4.79 Å². The van der Waals surface area contributed by atoms with E-state index in [2.05, 4.69) is 15.6 Å². The van der Waals surface area contributed by atoms with E-state index in [-0.39, 0.29) is 5.91 Å². The molecule has 0 fully saturated rings. The highest BCUT2D eigenvalue weighted by molar-refractivity contribution is 7.17. The van der Waals surface area contributed by atoms with Crippen LogP contribution in [-0.4, -0.2) is 31.0 Å². The summed E-state index contributed by atoms with van der Waals surface area (Å²) in [6.45, 7) is 3.41. The number of carbonyl (C=O) groups is 1. The van der Waals surface area contributed by atoms with E-state index in [1.54, 1.807) is 0 Å². The molecule has 0 spiro atoms. The van der Waals surface area contributed by atoms with Crippen molar-refractivity contribution >= 4 is 28.8 Å². The van der Waals surface area contributed by atoms with Crippen molar-refractivity contribution in [1.82, 2.24) is 15.6 Å². The predicted molar refractivity (Wildman–Crippen MR) is 88.2 cm³/mol. The standard InChI is InChI=1S/C15H18ClN3OS/c1-10-13(14(20)18-9-3-8-17-2)21-15(19-10)11-4-6-12(16)7-5-11/h4-7,17H,3,8-9H2,1-2H3,(H,18,20). The topological polar surface area (TPSA) is 54.0 Å². The molecular formula is C15H18ClN3OS. The van der Waals surface area contributed by atoms with E-state index in [0.29, 0.717) is 16.4 Å². The normalized spacial score (nSPS) is 10.6. The SMILES string of the molecule is CNCCCNC(=O)c1sc(-c2ccc(Cl)cc2)nc1C. The maximum absolute atomic E-state index is 12.1. The third-order valence-electron chi connectivity index (χ3n) is 2.98. The molecule has 1 aromatic heterocycles. The van der Waals surface area contributed by atoms with Crippen molar-refractivity contribution in [3.05, 3.63) is 39.9 Å². The van der Waals surface area contributed by atoms with Gasteiger partial charge >= 0.3 is 0 Å². The molecule has 4 nitrogen and oxygen atoms in total. The van der Waals surface area contributed by atoms with Crippen LogP contribution in [0.1, 0.15) is 21.8 Å². The van der Waals surface area contributed by atoms with Gasteiger partial charge in [-0.15, -0.1) is 11.3 Å². The summed E-state index contributed by atoms with van der Waals surface area (Å²) in [5.74, 6) is -0.0543. The van der Waals surface area contributed by atoms with Crippen molar-refractivity contribution in [3.63, 3.8) is 0 Å². The number of amides is 1. The van der Waals surface area contributed by atoms with Crippen molar-refractivity contribution < 1.29 is 4.79 Å². The number of aromatic nitrogens is 1. The first-order valence-electron chi connectivity index (χ1n) is 6.78. The van der Waals surface area contributed by atoms with Gasteiger partial charge in [-0.05, 0) is 39.1 Å². The molecule has 0 saturated heterocycles. The van der Waals surface area contributed by atoms with Crippen molar-refractivity contribution in [2.45, 2.75) is 13.3 Å². The number of rotatable bonds is 6. The summed E-state index contributed by atoms with van der Waals surface area (Å²) >= 11 is 7.29. The summed E-state index contributed by atoms with van der Waals surface area (Å²) in [7, 11) is 1.90. The summed E-state index contributed by atoms with van der Waals surface area (Å²) in [5, 5.41) is 7.50. The molecule has 21 heavy (non-hydrogen) atoms. The van der Waals surface area contributed by atoms with E-state index < -0.39 is 0 Å². The highest BCUT2D eigenvalue weighted by Gasteiger charge is 2.15. The molecular weight excluding hydrogens is 306 g/mol. The Bertz CT molecular complexity index is 610. The van der Waals surface area contributed by atoms with Crippen LogP contribution in [0, 0.1) is 6.92 Å². The third-order valence-corrected chi connectivity index (χ3v) is 4.44. The zero-order valence-electron chi connectivity index (χ0n) is 12.1. The Kier molecular flexibility index (Phi) is 5.73. The molecule has 2 N–H and O–H groups in total. The molecule has 1 amide bonds. The Balaban J connectivity index is 2.08. The van der Waals surface area contributed by atoms with Gasteiger partial charge in [-0.3, -0.25) is 4.79 Å². The van der Waals surface area contributed by atoms with Gasteiger partial charge in [-0.1, -0.05) is 23.7 Å². The monoisotopic (exact) mass is 323 g/mol. The minimum absolute atomic E-state index is 0.0543. The van der Waals surface area contributed by atoms with Crippen LogP contribution in [0.2, 0.25) is 5.02 Å². The van der Waals surface area contributed by atoms with Gasteiger partial charge in [0.2, 0.25) is 0 Å². The average Bonchev–Trinajstić information content (AvgIpc) is 2.86. The minimum Gasteiger partial charge on any atom is -0.351 e. The number of hydrogen-bond donors (Lipinski definition) is 2. The second-order valence-electron chi connectivity index (χ2n) is 4.65. The first kappa shape index (κ1) is 15.9. The van der Waals surface area contributed by atoms with Crippen LogP contribution in [0.4, 0.5) is 0 Å². The summed E-state index contributed by atoms with van der Waals surface area (Å²) in [5.41, 5.74) is 1.73. The fraction of sp³-hybridized carbons (Fsp3) is 0.333. The van der Waals surface area contributed by atoms with Crippen LogP contribution in [0.3, 0.4) is 0 Å².